The number of rotatable bonds is 5. The van der Waals surface area contributed by atoms with Crippen molar-refractivity contribution in [3.05, 3.63) is 29.0 Å². The van der Waals surface area contributed by atoms with Crippen molar-refractivity contribution < 1.29 is 4.52 Å². The molecule has 0 saturated carbocycles. The third-order valence-corrected chi connectivity index (χ3v) is 3.69. The Bertz CT molecular complexity index is 530. The maximum Gasteiger partial charge on any atom is 0.260 e. The predicted octanol–water partition coefficient (Wildman–Crippen LogP) is 3.62. The molecule has 6 heteroatoms. The van der Waals surface area contributed by atoms with Crippen molar-refractivity contribution in [2.45, 2.75) is 19.1 Å². The maximum atomic E-state index is 5.87. The molecule has 0 aliphatic heterocycles. The number of nitrogens with zero attached hydrogens (tertiary/aromatic N) is 2. The number of thioether (sulfide) groups is 1. The van der Waals surface area contributed by atoms with Gasteiger partial charge in [0.2, 0.25) is 0 Å². The number of hydrogen-bond donors (Lipinski definition) is 1. The fourth-order valence-corrected chi connectivity index (χ4v) is 2.37. The van der Waals surface area contributed by atoms with E-state index >= 15 is 0 Å². The van der Waals surface area contributed by atoms with Crippen LogP contribution in [0.15, 0.2) is 22.7 Å². The maximum absolute atomic E-state index is 5.87. The van der Waals surface area contributed by atoms with E-state index in [1.807, 2.05) is 0 Å². The van der Waals surface area contributed by atoms with Crippen LogP contribution >= 0.6 is 23.4 Å². The van der Waals surface area contributed by atoms with Crippen LogP contribution in [0.1, 0.15) is 19.2 Å². The first-order valence-corrected chi connectivity index (χ1v) is 7.19. The van der Waals surface area contributed by atoms with Gasteiger partial charge in [0.25, 0.3) is 5.89 Å². The number of aromatic nitrogens is 2. The number of hydrogen-bond acceptors (Lipinski definition) is 5. The molecule has 0 saturated heterocycles. The normalized spacial score (nSPS) is 10.8. The first-order valence-electron chi connectivity index (χ1n) is 5.66. The zero-order valence-electron chi connectivity index (χ0n) is 10.0. The highest BCUT2D eigenvalue weighted by Gasteiger charge is 2.11. The second-order valence-corrected chi connectivity index (χ2v) is 5.34. The smallest absolute Gasteiger partial charge is 0.260 e. The highest BCUT2D eigenvalue weighted by atomic mass is 35.5. The van der Waals surface area contributed by atoms with Crippen molar-refractivity contribution in [3.63, 3.8) is 0 Å². The molecule has 0 aliphatic carbocycles. The van der Waals surface area contributed by atoms with Crippen LogP contribution in [-0.2, 0) is 5.75 Å². The first kappa shape index (κ1) is 13.2. The van der Waals surface area contributed by atoms with Crippen molar-refractivity contribution in [1.82, 2.24) is 10.1 Å². The number of benzene rings is 1. The number of anilines is 1. The van der Waals surface area contributed by atoms with Crippen LogP contribution in [-0.4, -0.2) is 15.9 Å². The molecular weight excluding hydrogens is 270 g/mol. The van der Waals surface area contributed by atoms with Crippen molar-refractivity contribution in [2.75, 3.05) is 11.5 Å². The van der Waals surface area contributed by atoms with Gasteiger partial charge in [-0.05, 0) is 30.4 Å². The Labute approximate surface area is 115 Å². The summed E-state index contributed by atoms with van der Waals surface area (Å²) in [5, 5.41) is 4.52. The zero-order valence-corrected chi connectivity index (χ0v) is 11.6. The number of nitrogen functional groups attached to an aromatic ring is 1. The summed E-state index contributed by atoms with van der Waals surface area (Å²) in [4.78, 5) is 4.32. The summed E-state index contributed by atoms with van der Waals surface area (Å²) in [6.07, 6.45) is 1.14. The molecule has 0 atom stereocenters. The molecule has 1 heterocycles. The first-order chi connectivity index (χ1) is 8.70. The van der Waals surface area contributed by atoms with Gasteiger partial charge in [0.05, 0.1) is 11.3 Å². The van der Waals surface area contributed by atoms with Gasteiger partial charge >= 0.3 is 0 Å². The van der Waals surface area contributed by atoms with Crippen LogP contribution < -0.4 is 5.73 Å². The van der Waals surface area contributed by atoms with Crippen LogP contribution in [0.2, 0.25) is 5.02 Å². The SMILES string of the molecule is CCCSCc1noc(-c2ccc(Cl)cc2N)n1. The fourth-order valence-electron chi connectivity index (χ4n) is 1.46. The lowest BCUT2D eigenvalue weighted by molar-refractivity contribution is 0.425. The van der Waals surface area contributed by atoms with Gasteiger partial charge in [-0.2, -0.15) is 16.7 Å². The highest BCUT2D eigenvalue weighted by molar-refractivity contribution is 7.98. The van der Waals surface area contributed by atoms with Gasteiger partial charge < -0.3 is 10.3 Å². The van der Waals surface area contributed by atoms with E-state index in [1.165, 1.54) is 0 Å². The molecule has 0 aliphatic rings. The highest BCUT2D eigenvalue weighted by Crippen LogP contribution is 2.27. The topological polar surface area (TPSA) is 64.9 Å². The average molecular weight is 284 g/mol. The summed E-state index contributed by atoms with van der Waals surface area (Å²) >= 11 is 7.63. The van der Waals surface area contributed by atoms with Gasteiger partial charge in [0.1, 0.15) is 0 Å². The van der Waals surface area contributed by atoms with Gasteiger partial charge in [-0.3, -0.25) is 0 Å². The van der Waals surface area contributed by atoms with E-state index in [-0.39, 0.29) is 0 Å². The third kappa shape index (κ3) is 3.17. The molecule has 1 aromatic carbocycles. The second kappa shape index (κ2) is 6.11. The molecule has 0 radical (unpaired) electrons. The van der Waals surface area contributed by atoms with Gasteiger partial charge in [-0.15, -0.1) is 0 Å². The molecule has 4 nitrogen and oxygen atoms in total. The molecule has 0 spiro atoms. The van der Waals surface area contributed by atoms with Crippen LogP contribution in [0.25, 0.3) is 11.5 Å². The average Bonchev–Trinajstić information content (AvgIpc) is 2.78. The Morgan fingerprint density at radius 2 is 2.28 bits per heavy atom. The van der Waals surface area contributed by atoms with Crippen molar-refractivity contribution in [3.8, 4) is 11.5 Å². The van der Waals surface area contributed by atoms with E-state index in [1.54, 1.807) is 30.0 Å². The molecule has 2 aromatic rings. The molecule has 2 N–H and O–H groups in total. The van der Waals surface area contributed by atoms with Crippen LogP contribution in [0.4, 0.5) is 5.69 Å². The number of halogens is 1. The number of nitrogens with two attached hydrogens (primary N) is 1. The Hall–Kier alpha value is -1.20. The van der Waals surface area contributed by atoms with Gasteiger partial charge in [-0.1, -0.05) is 23.7 Å². The molecular formula is C12H14ClN3OS. The minimum atomic E-state index is 0.441. The molecule has 0 bridgehead atoms. The van der Waals surface area contributed by atoms with E-state index < -0.39 is 0 Å². The van der Waals surface area contributed by atoms with E-state index in [0.717, 1.165) is 23.5 Å². The van der Waals surface area contributed by atoms with E-state index in [9.17, 15) is 0 Å². The van der Waals surface area contributed by atoms with Crippen LogP contribution in [0, 0.1) is 0 Å². The molecule has 0 fully saturated rings. The standard InChI is InChI=1S/C12H14ClN3OS/c1-2-5-18-7-11-15-12(17-16-11)9-4-3-8(13)6-10(9)14/h3-4,6H,2,5,7,14H2,1H3. The van der Waals surface area contributed by atoms with Crippen molar-refractivity contribution in [2.24, 2.45) is 0 Å². The largest absolute Gasteiger partial charge is 0.398 e. The van der Waals surface area contributed by atoms with Crippen LogP contribution in [0.3, 0.4) is 0 Å². The van der Waals surface area contributed by atoms with Gasteiger partial charge in [0.15, 0.2) is 5.82 Å². The van der Waals surface area contributed by atoms with Crippen molar-refractivity contribution >= 4 is 29.1 Å². The summed E-state index contributed by atoms with van der Waals surface area (Å²) in [5.41, 5.74) is 7.13. The van der Waals surface area contributed by atoms with Gasteiger partial charge in [0, 0.05) is 10.7 Å². The summed E-state index contributed by atoms with van der Waals surface area (Å²) < 4.78 is 5.20. The molecule has 0 unspecified atom stereocenters. The van der Waals surface area contributed by atoms with E-state index in [0.29, 0.717) is 22.4 Å². The van der Waals surface area contributed by atoms with Crippen molar-refractivity contribution in [1.29, 1.82) is 0 Å². The predicted molar refractivity (Wildman–Crippen MR) is 75.6 cm³/mol. The molecule has 96 valence electrons. The zero-order chi connectivity index (χ0) is 13.0. The minimum Gasteiger partial charge on any atom is -0.398 e. The monoisotopic (exact) mass is 283 g/mol. The van der Waals surface area contributed by atoms with Gasteiger partial charge in [-0.25, -0.2) is 0 Å². The minimum absolute atomic E-state index is 0.441. The third-order valence-electron chi connectivity index (χ3n) is 2.29. The quantitative estimate of drug-likeness (QED) is 0.671. The molecule has 18 heavy (non-hydrogen) atoms. The van der Waals surface area contributed by atoms with E-state index in [2.05, 4.69) is 17.1 Å². The summed E-state index contributed by atoms with van der Waals surface area (Å²) in [6.45, 7) is 2.14. The fraction of sp³-hybridized carbons (Fsp3) is 0.333. The molecule has 1 aromatic heterocycles. The van der Waals surface area contributed by atoms with E-state index in [4.69, 9.17) is 21.9 Å². The summed E-state index contributed by atoms with van der Waals surface area (Å²) in [5.74, 6) is 2.98. The summed E-state index contributed by atoms with van der Waals surface area (Å²) in [6, 6.07) is 5.21. The van der Waals surface area contributed by atoms with Crippen LogP contribution in [0.5, 0.6) is 0 Å². The Morgan fingerprint density at radius 3 is 3.00 bits per heavy atom. The Morgan fingerprint density at radius 1 is 1.44 bits per heavy atom. The molecule has 0 amide bonds. The molecule has 2 rings (SSSR count). The summed E-state index contributed by atoms with van der Waals surface area (Å²) in [7, 11) is 0. The Kier molecular flexibility index (Phi) is 4.49. The lowest BCUT2D eigenvalue weighted by Gasteiger charge is -2.00. The lowest BCUT2D eigenvalue weighted by Crippen LogP contribution is -1.90. The second-order valence-electron chi connectivity index (χ2n) is 3.80. The Balaban J connectivity index is 2.13. The lowest BCUT2D eigenvalue weighted by atomic mass is 10.2.